The van der Waals surface area contributed by atoms with E-state index in [9.17, 15) is 4.79 Å². The Bertz CT molecular complexity index is 457. The minimum absolute atomic E-state index is 0.0557. The Labute approximate surface area is 120 Å². The third kappa shape index (κ3) is 4.44. The summed E-state index contributed by atoms with van der Waals surface area (Å²) in [5.74, 6) is 2.18. The molecule has 1 N–H and O–H groups in total. The standard InChI is InChI=1S/C16H23NO3/c1-12(2)6-7-17-16(18)11-13-4-5-14-15(10-13)20-9-3-8-19-14/h4-5,10,12H,3,6-9,11H2,1-2H3,(H,17,18). The molecule has 0 aliphatic carbocycles. The second-order valence-corrected chi connectivity index (χ2v) is 5.54. The Kier molecular flexibility index (Phi) is 5.27. The van der Waals surface area contributed by atoms with Gasteiger partial charge in [-0.25, -0.2) is 0 Å². The first-order valence-electron chi connectivity index (χ1n) is 7.30. The Morgan fingerprint density at radius 2 is 2.00 bits per heavy atom. The number of hydrogen-bond donors (Lipinski definition) is 1. The van der Waals surface area contributed by atoms with Gasteiger partial charge in [-0.05, 0) is 30.0 Å². The van der Waals surface area contributed by atoms with Crippen molar-refractivity contribution >= 4 is 5.91 Å². The minimum Gasteiger partial charge on any atom is -0.490 e. The van der Waals surface area contributed by atoms with Crippen molar-refractivity contribution in [1.29, 1.82) is 0 Å². The first-order valence-corrected chi connectivity index (χ1v) is 7.30. The van der Waals surface area contributed by atoms with Gasteiger partial charge in [0.1, 0.15) is 0 Å². The summed E-state index contributed by atoms with van der Waals surface area (Å²) in [6.45, 7) is 6.38. The Morgan fingerprint density at radius 1 is 1.25 bits per heavy atom. The predicted molar refractivity (Wildman–Crippen MR) is 78.2 cm³/mol. The fourth-order valence-electron chi connectivity index (χ4n) is 2.07. The van der Waals surface area contributed by atoms with Gasteiger partial charge in [-0.3, -0.25) is 4.79 Å². The monoisotopic (exact) mass is 277 g/mol. The maximum absolute atomic E-state index is 11.8. The van der Waals surface area contributed by atoms with Gasteiger partial charge >= 0.3 is 0 Å². The molecule has 1 heterocycles. The summed E-state index contributed by atoms with van der Waals surface area (Å²) in [6.07, 6.45) is 2.28. The molecule has 4 nitrogen and oxygen atoms in total. The van der Waals surface area contributed by atoms with E-state index in [2.05, 4.69) is 19.2 Å². The highest BCUT2D eigenvalue weighted by Gasteiger charge is 2.12. The van der Waals surface area contributed by atoms with Gasteiger partial charge in [0.05, 0.1) is 19.6 Å². The minimum atomic E-state index is 0.0557. The zero-order valence-electron chi connectivity index (χ0n) is 12.3. The molecule has 0 bridgehead atoms. The second kappa shape index (κ2) is 7.17. The fraction of sp³-hybridized carbons (Fsp3) is 0.562. The van der Waals surface area contributed by atoms with E-state index in [1.54, 1.807) is 0 Å². The molecule has 110 valence electrons. The van der Waals surface area contributed by atoms with Gasteiger partial charge in [0.25, 0.3) is 0 Å². The molecule has 0 spiro atoms. The molecule has 1 amide bonds. The molecule has 0 atom stereocenters. The second-order valence-electron chi connectivity index (χ2n) is 5.54. The molecule has 0 radical (unpaired) electrons. The molecule has 1 aromatic carbocycles. The molecule has 4 heteroatoms. The number of amides is 1. The van der Waals surface area contributed by atoms with E-state index in [1.807, 2.05) is 18.2 Å². The maximum Gasteiger partial charge on any atom is 0.224 e. The number of hydrogen-bond acceptors (Lipinski definition) is 3. The predicted octanol–water partition coefficient (Wildman–Crippen LogP) is 2.55. The number of carbonyl (C=O) groups is 1. The largest absolute Gasteiger partial charge is 0.490 e. The molecule has 0 unspecified atom stereocenters. The van der Waals surface area contributed by atoms with Crippen LogP contribution in [0.3, 0.4) is 0 Å². The normalized spacial score (nSPS) is 13.9. The molecule has 0 saturated heterocycles. The smallest absolute Gasteiger partial charge is 0.224 e. The highest BCUT2D eigenvalue weighted by molar-refractivity contribution is 5.78. The maximum atomic E-state index is 11.8. The summed E-state index contributed by atoms with van der Waals surface area (Å²) >= 11 is 0. The van der Waals surface area contributed by atoms with Gasteiger partial charge in [0, 0.05) is 13.0 Å². The highest BCUT2D eigenvalue weighted by atomic mass is 16.5. The van der Waals surface area contributed by atoms with Crippen LogP contribution in [0, 0.1) is 5.92 Å². The lowest BCUT2D eigenvalue weighted by atomic mass is 10.1. The summed E-state index contributed by atoms with van der Waals surface area (Å²) in [5, 5.41) is 2.94. The molecule has 0 aromatic heterocycles. The van der Waals surface area contributed by atoms with Crippen molar-refractivity contribution in [1.82, 2.24) is 5.32 Å². The first-order chi connectivity index (χ1) is 9.65. The van der Waals surface area contributed by atoms with E-state index in [0.29, 0.717) is 25.6 Å². The van der Waals surface area contributed by atoms with Crippen molar-refractivity contribution in [2.24, 2.45) is 5.92 Å². The number of nitrogens with one attached hydrogen (secondary N) is 1. The number of ether oxygens (including phenoxy) is 2. The van der Waals surface area contributed by atoms with E-state index in [0.717, 1.165) is 36.4 Å². The molecular formula is C16H23NO3. The van der Waals surface area contributed by atoms with Gasteiger partial charge in [-0.15, -0.1) is 0 Å². The summed E-state index contributed by atoms with van der Waals surface area (Å²) in [5.41, 5.74) is 0.955. The van der Waals surface area contributed by atoms with Crippen LogP contribution in [0.2, 0.25) is 0 Å². The summed E-state index contributed by atoms with van der Waals surface area (Å²) < 4.78 is 11.2. The first kappa shape index (κ1) is 14.7. The van der Waals surface area contributed by atoms with Crippen molar-refractivity contribution in [2.45, 2.75) is 33.1 Å². The van der Waals surface area contributed by atoms with Gasteiger partial charge in [0.15, 0.2) is 11.5 Å². The Balaban J connectivity index is 1.89. The van der Waals surface area contributed by atoms with Crippen molar-refractivity contribution in [3.05, 3.63) is 23.8 Å². The lowest BCUT2D eigenvalue weighted by Crippen LogP contribution is -2.26. The topological polar surface area (TPSA) is 47.6 Å². The van der Waals surface area contributed by atoms with E-state index in [1.165, 1.54) is 0 Å². The molecule has 2 rings (SSSR count). The van der Waals surface area contributed by atoms with E-state index < -0.39 is 0 Å². The Morgan fingerprint density at radius 3 is 2.75 bits per heavy atom. The molecule has 20 heavy (non-hydrogen) atoms. The summed E-state index contributed by atoms with van der Waals surface area (Å²) in [4.78, 5) is 11.8. The van der Waals surface area contributed by atoms with Crippen LogP contribution >= 0.6 is 0 Å². The lowest BCUT2D eigenvalue weighted by molar-refractivity contribution is -0.120. The van der Waals surface area contributed by atoms with Crippen LogP contribution in [-0.2, 0) is 11.2 Å². The molecule has 1 aliphatic rings. The Hall–Kier alpha value is -1.71. The highest BCUT2D eigenvalue weighted by Crippen LogP contribution is 2.30. The van der Waals surface area contributed by atoms with Crippen LogP contribution in [-0.4, -0.2) is 25.7 Å². The van der Waals surface area contributed by atoms with Gasteiger partial charge < -0.3 is 14.8 Å². The fourth-order valence-corrected chi connectivity index (χ4v) is 2.07. The van der Waals surface area contributed by atoms with Crippen LogP contribution in [0.15, 0.2) is 18.2 Å². The van der Waals surface area contributed by atoms with Gasteiger partial charge in [-0.2, -0.15) is 0 Å². The van der Waals surface area contributed by atoms with Crippen LogP contribution in [0.5, 0.6) is 11.5 Å². The van der Waals surface area contributed by atoms with E-state index in [-0.39, 0.29) is 5.91 Å². The zero-order valence-corrected chi connectivity index (χ0v) is 12.3. The average Bonchev–Trinajstić information content (AvgIpc) is 2.62. The van der Waals surface area contributed by atoms with Crippen LogP contribution in [0.25, 0.3) is 0 Å². The number of rotatable bonds is 5. The zero-order chi connectivity index (χ0) is 14.4. The van der Waals surface area contributed by atoms with Crippen molar-refractivity contribution in [3.8, 4) is 11.5 Å². The van der Waals surface area contributed by atoms with E-state index in [4.69, 9.17) is 9.47 Å². The molecular weight excluding hydrogens is 254 g/mol. The lowest BCUT2D eigenvalue weighted by Gasteiger charge is -2.10. The molecule has 0 saturated carbocycles. The van der Waals surface area contributed by atoms with E-state index >= 15 is 0 Å². The van der Waals surface area contributed by atoms with Gasteiger partial charge in [0.2, 0.25) is 5.91 Å². The molecule has 0 fully saturated rings. The number of benzene rings is 1. The van der Waals surface area contributed by atoms with Gasteiger partial charge in [-0.1, -0.05) is 19.9 Å². The summed E-state index contributed by atoms with van der Waals surface area (Å²) in [6, 6.07) is 5.72. The van der Waals surface area contributed by atoms with Crippen LogP contribution in [0.1, 0.15) is 32.3 Å². The quantitative estimate of drug-likeness (QED) is 0.899. The molecule has 1 aliphatic heterocycles. The van der Waals surface area contributed by atoms with Crippen molar-refractivity contribution in [3.63, 3.8) is 0 Å². The SMILES string of the molecule is CC(C)CCNC(=O)Cc1ccc2c(c1)OCCCO2. The third-order valence-corrected chi connectivity index (χ3v) is 3.22. The van der Waals surface area contributed by atoms with Crippen molar-refractivity contribution < 1.29 is 14.3 Å². The number of fused-ring (bicyclic) bond motifs is 1. The number of carbonyl (C=O) groups excluding carboxylic acids is 1. The van der Waals surface area contributed by atoms with Crippen LogP contribution < -0.4 is 14.8 Å². The average molecular weight is 277 g/mol. The molecule has 1 aromatic rings. The van der Waals surface area contributed by atoms with Crippen molar-refractivity contribution in [2.75, 3.05) is 19.8 Å². The summed E-state index contributed by atoms with van der Waals surface area (Å²) in [7, 11) is 0. The third-order valence-electron chi connectivity index (χ3n) is 3.22. The van der Waals surface area contributed by atoms with Crippen LogP contribution in [0.4, 0.5) is 0 Å².